The minimum atomic E-state index is -0.0772. The van der Waals surface area contributed by atoms with E-state index < -0.39 is 0 Å². The van der Waals surface area contributed by atoms with Crippen LogP contribution in [0.3, 0.4) is 0 Å². The predicted octanol–water partition coefficient (Wildman–Crippen LogP) is 2.25. The standard InChI is InChI=1S/C14H17BrN4O3/c1-9(13-16-10(2)17-22-13)18-5-7-19(8-6-18)14(20)11-3-4-12(15)21-11/h3-4,9H,5-8H2,1-2H3/t9-/m0/s1. The number of rotatable bonds is 3. The number of carbonyl (C=O) groups excluding carboxylic acids is 1. The predicted molar refractivity (Wildman–Crippen MR) is 81.3 cm³/mol. The molecule has 22 heavy (non-hydrogen) atoms. The van der Waals surface area contributed by atoms with Crippen LogP contribution in [0.15, 0.2) is 25.7 Å². The monoisotopic (exact) mass is 368 g/mol. The van der Waals surface area contributed by atoms with Crippen molar-refractivity contribution in [2.45, 2.75) is 19.9 Å². The first kappa shape index (κ1) is 15.2. The maximum Gasteiger partial charge on any atom is 0.289 e. The summed E-state index contributed by atoms with van der Waals surface area (Å²) in [4.78, 5) is 20.6. The summed E-state index contributed by atoms with van der Waals surface area (Å²) in [6, 6.07) is 3.46. The Labute approximate surface area is 136 Å². The van der Waals surface area contributed by atoms with Gasteiger partial charge in [0.1, 0.15) is 0 Å². The van der Waals surface area contributed by atoms with Crippen LogP contribution < -0.4 is 0 Å². The Morgan fingerprint density at radius 2 is 2.05 bits per heavy atom. The number of aryl methyl sites for hydroxylation is 1. The second kappa shape index (κ2) is 6.21. The third-order valence-electron chi connectivity index (χ3n) is 3.83. The second-order valence-corrected chi connectivity index (χ2v) is 6.07. The molecule has 1 atom stereocenters. The summed E-state index contributed by atoms with van der Waals surface area (Å²) in [5.41, 5.74) is 0. The minimum Gasteiger partial charge on any atom is -0.444 e. The van der Waals surface area contributed by atoms with Gasteiger partial charge in [0, 0.05) is 26.2 Å². The lowest BCUT2D eigenvalue weighted by atomic mass is 10.2. The van der Waals surface area contributed by atoms with Gasteiger partial charge < -0.3 is 13.8 Å². The molecule has 0 radical (unpaired) electrons. The van der Waals surface area contributed by atoms with Gasteiger partial charge in [0.2, 0.25) is 5.89 Å². The molecule has 8 heteroatoms. The van der Waals surface area contributed by atoms with Crippen LogP contribution >= 0.6 is 15.9 Å². The average molecular weight is 369 g/mol. The largest absolute Gasteiger partial charge is 0.444 e. The van der Waals surface area contributed by atoms with Crippen LogP contribution in [0.25, 0.3) is 0 Å². The van der Waals surface area contributed by atoms with E-state index in [1.165, 1.54) is 0 Å². The molecule has 2 aromatic heterocycles. The third kappa shape index (κ3) is 3.07. The average Bonchev–Trinajstić information content (AvgIpc) is 3.14. The van der Waals surface area contributed by atoms with E-state index in [4.69, 9.17) is 8.94 Å². The van der Waals surface area contributed by atoms with E-state index in [9.17, 15) is 4.79 Å². The Bertz CT molecular complexity index is 661. The molecule has 0 unspecified atom stereocenters. The molecule has 1 saturated heterocycles. The summed E-state index contributed by atoms with van der Waals surface area (Å²) in [7, 11) is 0. The van der Waals surface area contributed by atoms with Gasteiger partial charge in [-0.2, -0.15) is 4.98 Å². The molecule has 0 aliphatic carbocycles. The quantitative estimate of drug-likeness (QED) is 0.826. The van der Waals surface area contributed by atoms with Crippen molar-refractivity contribution in [3.05, 3.63) is 34.3 Å². The lowest BCUT2D eigenvalue weighted by Crippen LogP contribution is -2.49. The topological polar surface area (TPSA) is 75.6 Å². The van der Waals surface area contributed by atoms with Crippen molar-refractivity contribution in [3.63, 3.8) is 0 Å². The third-order valence-corrected chi connectivity index (χ3v) is 4.26. The summed E-state index contributed by atoms with van der Waals surface area (Å²) in [5, 5.41) is 3.82. The molecule has 1 amide bonds. The van der Waals surface area contributed by atoms with Gasteiger partial charge in [-0.1, -0.05) is 5.16 Å². The Hall–Kier alpha value is -1.67. The van der Waals surface area contributed by atoms with Gasteiger partial charge in [-0.15, -0.1) is 0 Å². The van der Waals surface area contributed by atoms with Gasteiger partial charge in [0.25, 0.3) is 5.91 Å². The van der Waals surface area contributed by atoms with Crippen molar-refractivity contribution < 1.29 is 13.7 Å². The number of aromatic nitrogens is 2. The zero-order valence-electron chi connectivity index (χ0n) is 12.5. The van der Waals surface area contributed by atoms with Crippen molar-refractivity contribution in [1.82, 2.24) is 19.9 Å². The van der Waals surface area contributed by atoms with Gasteiger partial charge in [0.05, 0.1) is 6.04 Å². The molecule has 1 fully saturated rings. The molecule has 0 spiro atoms. The SMILES string of the molecule is Cc1noc([C@H](C)N2CCN(C(=O)c3ccc(Br)o3)CC2)n1. The molecular weight excluding hydrogens is 352 g/mol. The lowest BCUT2D eigenvalue weighted by Gasteiger charge is -2.36. The Morgan fingerprint density at radius 1 is 1.32 bits per heavy atom. The first-order valence-electron chi connectivity index (χ1n) is 7.13. The van der Waals surface area contributed by atoms with Gasteiger partial charge in [-0.05, 0) is 41.9 Å². The van der Waals surface area contributed by atoms with E-state index in [1.54, 1.807) is 24.0 Å². The van der Waals surface area contributed by atoms with Crippen molar-refractivity contribution in [2.24, 2.45) is 0 Å². The number of amides is 1. The van der Waals surface area contributed by atoms with E-state index in [-0.39, 0.29) is 11.9 Å². The number of hydrogen-bond acceptors (Lipinski definition) is 6. The van der Waals surface area contributed by atoms with Gasteiger partial charge in [0.15, 0.2) is 16.3 Å². The van der Waals surface area contributed by atoms with E-state index in [0.29, 0.717) is 35.2 Å². The van der Waals surface area contributed by atoms with E-state index >= 15 is 0 Å². The molecule has 7 nitrogen and oxygen atoms in total. The van der Waals surface area contributed by atoms with Gasteiger partial charge in [-0.25, -0.2) is 0 Å². The van der Waals surface area contributed by atoms with Gasteiger partial charge in [-0.3, -0.25) is 9.69 Å². The molecule has 3 rings (SSSR count). The summed E-state index contributed by atoms with van der Waals surface area (Å²) in [5.74, 6) is 1.54. The van der Waals surface area contributed by atoms with Crippen LogP contribution in [0, 0.1) is 6.92 Å². The normalized spacial score (nSPS) is 17.7. The van der Waals surface area contributed by atoms with Crippen LogP contribution in [-0.2, 0) is 0 Å². The minimum absolute atomic E-state index is 0.0520. The van der Waals surface area contributed by atoms with Crippen LogP contribution in [-0.4, -0.2) is 52.0 Å². The Balaban J connectivity index is 1.59. The molecule has 0 saturated carbocycles. The molecule has 0 aromatic carbocycles. The molecule has 0 bridgehead atoms. The summed E-state index contributed by atoms with van der Waals surface area (Å²) < 4.78 is 11.1. The molecular formula is C14H17BrN4O3. The lowest BCUT2D eigenvalue weighted by molar-refractivity contribution is 0.0523. The van der Waals surface area contributed by atoms with Crippen LogP contribution in [0.4, 0.5) is 0 Å². The number of carbonyl (C=O) groups is 1. The Morgan fingerprint density at radius 3 is 2.59 bits per heavy atom. The number of hydrogen-bond donors (Lipinski definition) is 0. The highest BCUT2D eigenvalue weighted by Crippen LogP contribution is 2.21. The summed E-state index contributed by atoms with van der Waals surface area (Å²) in [6.07, 6.45) is 0. The fraction of sp³-hybridized carbons (Fsp3) is 0.500. The molecule has 3 heterocycles. The van der Waals surface area contributed by atoms with E-state index in [0.717, 1.165) is 13.1 Å². The molecule has 0 N–H and O–H groups in total. The van der Waals surface area contributed by atoms with Gasteiger partial charge >= 0.3 is 0 Å². The van der Waals surface area contributed by atoms with Crippen LogP contribution in [0.1, 0.15) is 35.2 Å². The fourth-order valence-corrected chi connectivity index (χ4v) is 2.84. The van der Waals surface area contributed by atoms with Crippen LogP contribution in [0.5, 0.6) is 0 Å². The summed E-state index contributed by atoms with van der Waals surface area (Å²) >= 11 is 3.21. The summed E-state index contributed by atoms with van der Waals surface area (Å²) in [6.45, 7) is 6.65. The molecule has 118 valence electrons. The highest BCUT2D eigenvalue weighted by Gasteiger charge is 2.28. The highest BCUT2D eigenvalue weighted by molar-refractivity contribution is 9.10. The molecule has 1 aliphatic heterocycles. The zero-order valence-corrected chi connectivity index (χ0v) is 14.0. The van der Waals surface area contributed by atoms with E-state index in [2.05, 4.69) is 31.0 Å². The first-order chi connectivity index (χ1) is 10.5. The smallest absolute Gasteiger partial charge is 0.289 e. The Kier molecular flexibility index (Phi) is 4.30. The van der Waals surface area contributed by atoms with Crippen molar-refractivity contribution in [1.29, 1.82) is 0 Å². The molecule has 2 aromatic rings. The maximum atomic E-state index is 12.3. The van der Waals surface area contributed by atoms with Crippen molar-refractivity contribution in [2.75, 3.05) is 26.2 Å². The first-order valence-corrected chi connectivity index (χ1v) is 7.93. The number of piperazine rings is 1. The zero-order chi connectivity index (χ0) is 15.7. The number of halogens is 1. The fourth-order valence-electron chi connectivity index (χ4n) is 2.54. The molecule has 1 aliphatic rings. The van der Waals surface area contributed by atoms with Crippen LogP contribution in [0.2, 0.25) is 0 Å². The van der Waals surface area contributed by atoms with E-state index in [1.807, 2.05) is 6.92 Å². The number of furan rings is 1. The van der Waals surface area contributed by atoms with Crippen molar-refractivity contribution >= 4 is 21.8 Å². The maximum absolute atomic E-state index is 12.3. The number of nitrogens with zero attached hydrogens (tertiary/aromatic N) is 4. The van der Waals surface area contributed by atoms with Crippen molar-refractivity contribution in [3.8, 4) is 0 Å². The second-order valence-electron chi connectivity index (χ2n) is 5.29. The highest BCUT2D eigenvalue weighted by atomic mass is 79.9.